The summed E-state index contributed by atoms with van der Waals surface area (Å²) < 4.78 is 10.4. The van der Waals surface area contributed by atoms with Gasteiger partial charge in [-0.3, -0.25) is 9.79 Å². The molecule has 164 valence electrons. The third-order valence-corrected chi connectivity index (χ3v) is 4.63. The van der Waals surface area contributed by atoms with Gasteiger partial charge in [-0.1, -0.05) is 30.3 Å². The van der Waals surface area contributed by atoms with Crippen molar-refractivity contribution in [2.75, 3.05) is 59.7 Å². The third-order valence-electron chi connectivity index (χ3n) is 4.63. The number of carbonyl (C=O) groups is 1. The molecule has 2 rings (SSSR count). The first-order valence-electron chi connectivity index (χ1n) is 10.1. The summed E-state index contributed by atoms with van der Waals surface area (Å²) in [6.45, 7) is 7.52. The van der Waals surface area contributed by atoms with Gasteiger partial charge in [-0.2, -0.15) is 0 Å². The van der Waals surface area contributed by atoms with Gasteiger partial charge < -0.3 is 25.0 Å². The number of rotatable bonds is 12. The van der Waals surface area contributed by atoms with Crippen LogP contribution in [0.3, 0.4) is 0 Å². The molecule has 1 unspecified atom stereocenters. The maximum Gasteiger partial charge on any atom is 0.223 e. The van der Waals surface area contributed by atoms with E-state index in [-0.39, 0.29) is 35.8 Å². The summed E-state index contributed by atoms with van der Waals surface area (Å²) in [4.78, 5) is 18.9. The number of aliphatic imine (C=N–C) groups is 1. The lowest BCUT2D eigenvalue weighted by Gasteiger charge is -2.16. The Labute approximate surface area is 191 Å². The highest BCUT2D eigenvalue weighted by Crippen LogP contribution is 2.18. The fraction of sp³-hybridized carbons (Fsp3) is 0.619. The van der Waals surface area contributed by atoms with Crippen LogP contribution in [0.15, 0.2) is 35.3 Å². The molecule has 0 aromatic heterocycles. The van der Waals surface area contributed by atoms with Crippen LogP contribution in [0.5, 0.6) is 0 Å². The minimum atomic E-state index is 0. The molecular weight excluding hydrogens is 483 g/mol. The van der Waals surface area contributed by atoms with Crippen LogP contribution in [0.2, 0.25) is 0 Å². The standard InChI is InChI=1S/C21H34N4O3.HI/c1-3-22-21(23-10-12-28-14-13-27-2)24-16-19-15-20(26)25(17-19)11-9-18-7-5-4-6-8-18;/h4-8,19H,3,9-17H2,1-2H3,(H2,22,23,24);1H. The molecule has 1 atom stereocenters. The summed E-state index contributed by atoms with van der Waals surface area (Å²) >= 11 is 0. The van der Waals surface area contributed by atoms with Crippen molar-refractivity contribution in [3.8, 4) is 0 Å². The van der Waals surface area contributed by atoms with Crippen LogP contribution < -0.4 is 10.6 Å². The van der Waals surface area contributed by atoms with Crippen molar-refractivity contribution in [3.05, 3.63) is 35.9 Å². The molecule has 1 aliphatic heterocycles. The average molecular weight is 518 g/mol. The molecule has 2 N–H and O–H groups in total. The monoisotopic (exact) mass is 518 g/mol. The normalized spacial score (nSPS) is 16.6. The van der Waals surface area contributed by atoms with Crippen molar-refractivity contribution in [3.63, 3.8) is 0 Å². The largest absolute Gasteiger partial charge is 0.382 e. The number of halogens is 1. The number of methoxy groups -OCH3 is 1. The minimum Gasteiger partial charge on any atom is -0.382 e. The maximum absolute atomic E-state index is 12.3. The summed E-state index contributed by atoms with van der Waals surface area (Å²) in [5.74, 6) is 1.28. The van der Waals surface area contributed by atoms with Crippen molar-refractivity contribution in [1.29, 1.82) is 0 Å². The van der Waals surface area contributed by atoms with E-state index in [4.69, 9.17) is 9.47 Å². The summed E-state index contributed by atoms with van der Waals surface area (Å²) in [5, 5.41) is 6.50. The van der Waals surface area contributed by atoms with Gasteiger partial charge in [0, 0.05) is 52.2 Å². The highest BCUT2D eigenvalue weighted by atomic mass is 127. The van der Waals surface area contributed by atoms with E-state index in [2.05, 4.69) is 27.8 Å². The quantitative estimate of drug-likeness (QED) is 0.192. The van der Waals surface area contributed by atoms with Crippen LogP contribution in [0.1, 0.15) is 18.9 Å². The molecule has 0 saturated carbocycles. The third kappa shape index (κ3) is 10.3. The molecule has 1 saturated heterocycles. The highest BCUT2D eigenvalue weighted by Gasteiger charge is 2.28. The zero-order valence-corrected chi connectivity index (χ0v) is 19.9. The molecule has 1 amide bonds. The van der Waals surface area contributed by atoms with Crippen molar-refractivity contribution < 1.29 is 14.3 Å². The van der Waals surface area contributed by atoms with Gasteiger partial charge in [-0.05, 0) is 18.9 Å². The Balaban J connectivity index is 0.00000420. The summed E-state index contributed by atoms with van der Waals surface area (Å²) in [7, 11) is 1.66. The van der Waals surface area contributed by atoms with Crippen LogP contribution in [0, 0.1) is 5.92 Å². The molecule has 8 heteroatoms. The highest BCUT2D eigenvalue weighted by molar-refractivity contribution is 14.0. The van der Waals surface area contributed by atoms with Crippen molar-refractivity contribution in [1.82, 2.24) is 15.5 Å². The fourth-order valence-corrected chi connectivity index (χ4v) is 3.15. The van der Waals surface area contributed by atoms with Crippen LogP contribution in [-0.2, 0) is 20.7 Å². The maximum atomic E-state index is 12.3. The lowest BCUT2D eigenvalue weighted by atomic mass is 10.1. The Bertz CT molecular complexity index is 601. The van der Waals surface area contributed by atoms with Crippen LogP contribution in [0.4, 0.5) is 0 Å². The summed E-state index contributed by atoms with van der Waals surface area (Å²) in [6.07, 6.45) is 1.48. The second kappa shape index (κ2) is 15.4. The van der Waals surface area contributed by atoms with Gasteiger partial charge in [0.05, 0.1) is 19.8 Å². The molecule has 1 aromatic rings. The van der Waals surface area contributed by atoms with Crippen LogP contribution in [0.25, 0.3) is 0 Å². The number of guanidine groups is 1. The van der Waals surface area contributed by atoms with Gasteiger partial charge in [0.1, 0.15) is 0 Å². The minimum absolute atomic E-state index is 0. The first-order chi connectivity index (χ1) is 13.7. The number of carbonyl (C=O) groups excluding carboxylic acids is 1. The second-order valence-corrected chi connectivity index (χ2v) is 6.90. The van der Waals surface area contributed by atoms with Gasteiger partial charge in [0.15, 0.2) is 5.96 Å². The van der Waals surface area contributed by atoms with Gasteiger partial charge in [0.25, 0.3) is 0 Å². The Morgan fingerprint density at radius 2 is 2.00 bits per heavy atom. The van der Waals surface area contributed by atoms with E-state index in [1.54, 1.807) is 7.11 Å². The van der Waals surface area contributed by atoms with Crippen LogP contribution >= 0.6 is 24.0 Å². The number of ether oxygens (including phenoxy) is 2. The molecule has 0 radical (unpaired) electrons. The number of nitrogens with one attached hydrogen (secondary N) is 2. The van der Waals surface area contributed by atoms with Gasteiger partial charge in [-0.15, -0.1) is 24.0 Å². The predicted octanol–water partition coefficient (Wildman–Crippen LogP) is 1.91. The fourth-order valence-electron chi connectivity index (χ4n) is 3.15. The Hall–Kier alpha value is -1.39. The lowest BCUT2D eigenvalue weighted by molar-refractivity contribution is -0.127. The molecule has 0 aliphatic carbocycles. The zero-order valence-electron chi connectivity index (χ0n) is 17.6. The SMILES string of the molecule is CCNC(=NCC1CC(=O)N(CCc2ccccc2)C1)NCCOCCOC.I. The van der Waals surface area contributed by atoms with Gasteiger partial charge in [0.2, 0.25) is 5.91 Å². The first-order valence-corrected chi connectivity index (χ1v) is 10.1. The van der Waals surface area contributed by atoms with E-state index in [0.29, 0.717) is 39.3 Å². The number of hydrogen-bond donors (Lipinski definition) is 2. The molecule has 1 aliphatic rings. The zero-order chi connectivity index (χ0) is 20.0. The summed E-state index contributed by atoms with van der Waals surface area (Å²) in [5.41, 5.74) is 1.27. The number of hydrogen-bond acceptors (Lipinski definition) is 4. The Morgan fingerprint density at radius 3 is 2.72 bits per heavy atom. The topological polar surface area (TPSA) is 75.2 Å². The molecule has 1 heterocycles. The van der Waals surface area contributed by atoms with E-state index in [1.807, 2.05) is 30.0 Å². The number of likely N-dealkylation sites (tertiary alicyclic amines) is 1. The molecule has 0 bridgehead atoms. The smallest absolute Gasteiger partial charge is 0.223 e. The molecule has 29 heavy (non-hydrogen) atoms. The van der Waals surface area contributed by atoms with Crippen molar-refractivity contribution in [2.24, 2.45) is 10.9 Å². The van der Waals surface area contributed by atoms with Gasteiger partial charge in [-0.25, -0.2) is 0 Å². The molecule has 0 spiro atoms. The van der Waals surface area contributed by atoms with E-state index in [9.17, 15) is 4.79 Å². The summed E-state index contributed by atoms with van der Waals surface area (Å²) in [6, 6.07) is 10.3. The molecular formula is C21H35IN4O3. The van der Waals surface area contributed by atoms with E-state index < -0.39 is 0 Å². The first kappa shape index (κ1) is 25.6. The Morgan fingerprint density at radius 1 is 1.21 bits per heavy atom. The van der Waals surface area contributed by atoms with Crippen molar-refractivity contribution in [2.45, 2.75) is 19.8 Å². The number of amides is 1. The predicted molar refractivity (Wildman–Crippen MR) is 127 cm³/mol. The van der Waals surface area contributed by atoms with E-state index in [0.717, 1.165) is 32.0 Å². The number of benzene rings is 1. The molecule has 1 aromatic carbocycles. The Kier molecular flexibility index (Phi) is 13.7. The van der Waals surface area contributed by atoms with Gasteiger partial charge >= 0.3 is 0 Å². The van der Waals surface area contributed by atoms with Crippen LogP contribution in [-0.4, -0.2) is 76.4 Å². The number of nitrogens with zero attached hydrogens (tertiary/aromatic N) is 2. The van der Waals surface area contributed by atoms with Crippen molar-refractivity contribution >= 4 is 35.8 Å². The van der Waals surface area contributed by atoms with E-state index in [1.165, 1.54) is 5.56 Å². The van der Waals surface area contributed by atoms with E-state index >= 15 is 0 Å². The average Bonchev–Trinajstić information content (AvgIpc) is 3.07. The second-order valence-electron chi connectivity index (χ2n) is 6.90. The molecule has 1 fully saturated rings. The molecule has 7 nitrogen and oxygen atoms in total. The lowest BCUT2D eigenvalue weighted by Crippen LogP contribution is -2.39.